The van der Waals surface area contributed by atoms with Crippen molar-refractivity contribution >= 4 is 17.2 Å². The number of piperidine rings is 1. The summed E-state index contributed by atoms with van der Waals surface area (Å²) in [6, 6.07) is 4.53. The van der Waals surface area contributed by atoms with Gasteiger partial charge in [-0.05, 0) is 37.8 Å². The van der Waals surface area contributed by atoms with E-state index in [1.807, 2.05) is 18.4 Å². The summed E-state index contributed by atoms with van der Waals surface area (Å²) in [6.07, 6.45) is 3.51. The molecule has 1 aliphatic heterocycles. The molecule has 0 saturated carbocycles. The summed E-state index contributed by atoms with van der Waals surface area (Å²) >= 11 is 1.68. The highest BCUT2D eigenvalue weighted by molar-refractivity contribution is 7.10. The van der Waals surface area contributed by atoms with Gasteiger partial charge in [-0.25, -0.2) is 0 Å². The summed E-state index contributed by atoms with van der Waals surface area (Å²) in [6.45, 7) is 4.13. The summed E-state index contributed by atoms with van der Waals surface area (Å²) in [5.74, 6) is 0.0984. The maximum atomic E-state index is 12.1. The quantitative estimate of drug-likeness (QED) is 0.864. The second-order valence-electron chi connectivity index (χ2n) is 5.16. The van der Waals surface area contributed by atoms with Crippen molar-refractivity contribution < 1.29 is 4.79 Å². The molecular formula is C14H23N3OS. The van der Waals surface area contributed by atoms with E-state index in [0.29, 0.717) is 19.1 Å². The molecule has 1 amide bonds. The standard InChI is InChI=1S/C14H23N3OS/c1-11(13-6-4-8-19-13)16-14(18)10-17-7-3-2-5-12(17)9-15/h4,6,8,11-12H,2-3,5,7,9-10,15H2,1H3,(H,16,18). The molecule has 0 aromatic carbocycles. The Hall–Kier alpha value is -0.910. The lowest BCUT2D eigenvalue weighted by molar-refractivity contribution is -0.123. The summed E-state index contributed by atoms with van der Waals surface area (Å²) < 4.78 is 0. The van der Waals surface area contributed by atoms with E-state index in [1.165, 1.54) is 17.7 Å². The molecular weight excluding hydrogens is 258 g/mol. The van der Waals surface area contributed by atoms with Gasteiger partial charge in [0.25, 0.3) is 0 Å². The zero-order chi connectivity index (χ0) is 13.7. The molecule has 0 spiro atoms. The predicted octanol–water partition coefficient (Wildman–Crippen LogP) is 1.74. The second-order valence-corrected chi connectivity index (χ2v) is 6.14. The molecule has 1 aromatic rings. The SMILES string of the molecule is CC(NC(=O)CN1CCCCC1CN)c1cccs1. The average molecular weight is 281 g/mol. The Labute approximate surface area is 119 Å². The Kier molecular flexibility index (Phi) is 5.36. The highest BCUT2D eigenvalue weighted by Gasteiger charge is 2.23. The molecule has 3 N–H and O–H groups in total. The molecule has 2 heterocycles. The number of nitrogens with one attached hydrogen (secondary N) is 1. The third kappa shape index (κ3) is 4.03. The van der Waals surface area contributed by atoms with Gasteiger partial charge in [-0.15, -0.1) is 11.3 Å². The molecule has 1 aliphatic rings. The molecule has 106 valence electrons. The van der Waals surface area contributed by atoms with Crippen molar-refractivity contribution in [1.29, 1.82) is 0 Å². The van der Waals surface area contributed by atoms with Crippen LogP contribution < -0.4 is 11.1 Å². The van der Waals surface area contributed by atoms with Crippen LogP contribution in [0.3, 0.4) is 0 Å². The number of amides is 1. The number of thiophene rings is 1. The Bertz CT molecular complexity index is 393. The number of likely N-dealkylation sites (tertiary alicyclic amines) is 1. The van der Waals surface area contributed by atoms with Crippen molar-refractivity contribution in [2.24, 2.45) is 5.73 Å². The van der Waals surface area contributed by atoms with E-state index in [-0.39, 0.29) is 11.9 Å². The van der Waals surface area contributed by atoms with Gasteiger partial charge < -0.3 is 11.1 Å². The first-order valence-electron chi connectivity index (χ1n) is 6.97. The van der Waals surface area contributed by atoms with E-state index < -0.39 is 0 Å². The van der Waals surface area contributed by atoms with Gasteiger partial charge in [-0.2, -0.15) is 0 Å². The Morgan fingerprint density at radius 1 is 1.63 bits per heavy atom. The second kappa shape index (κ2) is 7.03. The lowest BCUT2D eigenvalue weighted by atomic mass is 10.0. The van der Waals surface area contributed by atoms with E-state index in [9.17, 15) is 4.79 Å². The van der Waals surface area contributed by atoms with Gasteiger partial charge >= 0.3 is 0 Å². The highest BCUT2D eigenvalue weighted by Crippen LogP contribution is 2.19. The first-order valence-corrected chi connectivity index (χ1v) is 7.85. The van der Waals surface area contributed by atoms with Gasteiger partial charge in [0.05, 0.1) is 12.6 Å². The molecule has 0 radical (unpaired) electrons. The number of hydrogen-bond acceptors (Lipinski definition) is 4. The molecule has 0 aliphatic carbocycles. The first kappa shape index (κ1) is 14.5. The van der Waals surface area contributed by atoms with Gasteiger partial charge in [0.15, 0.2) is 0 Å². The van der Waals surface area contributed by atoms with E-state index >= 15 is 0 Å². The van der Waals surface area contributed by atoms with Crippen molar-refractivity contribution in [2.75, 3.05) is 19.6 Å². The fourth-order valence-corrected chi connectivity index (χ4v) is 3.35. The van der Waals surface area contributed by atoms with Crippen LogP contribution in [0.25, 0.3) is 0 Å². The van der Waals surface area contributed by atoms with Crippen LogP contribution in [-0.4, -0.2) is 36.5 Å². The van der Waals surface area contributed by atoms with Crippen molar-refractivity contribution in [2.45, 2.75) is 38.3 Å². The van der Waals surface area contributed by atoms with Gasteiger partial charge in [0, 0.05) is 17.5 Å². The minimum Gasteiger partial charge on any atom is -0.348 e. The van der Waals surface area contributed by atoms with Crippen LogP contribution in [0.5, 0.6) is 0 Å². The van der Waals surface area contributed by atoms with Gasteiger partial charge in [-0.1, -0.05) is 12.5 Å². The van der Waals surface area contributed by atoms with Crippen molar-refractivity contribution in [3.63, 3.8) is 0 Å². The van der Waals surface area contributed by atoms with E-state index in [4.69, 9.17) is 5.73 Å². The minimum absolute atomic E-state index is 0.0913. The molecule has 0 bridgehead atoms. The summed E-state index contributed by atoms with van der Waals surface area (Å²) in [7, 11) is 0. The topological polar surface area (TPSA) is 58.4 Å². The van der Waals surface area contributed by atoms with Crippen LogP contribution in [-0.2, 0) is 4.79 Å². The molecule has 1 aromatic heterocycles. The Morgan fingerprint density at radius 3 is 3.16 bits per heavy atom. The van der Waals surface area contributed by atoms with Gasteiger partial charge in [-0.3, -0.25) is 9.69 Å². The third-order valence-electron chi connectivity index (χ3n) is 3.72. The smallest absolute Gasteiger partial charge is 0.234 e. The van der Waals surface area contributed by atoms with Crippen LogP contribution >= 0.6 is 11.3 Å². The lowest BCUT2D eigenvalue weighted by Gasteiger charge is -2.34. The molecule has 1 saturated heterocycles. The maximum Gasteiger partial charge on any atom is 0.234 e. The van der Waals surface area contributed by atoms with Crippen LogP contribution in [0.2, 0.25) is 0 Å². The molecule has 5 heteroatoms. The van der Waals surface area contributed by atoms with Crippen LogP contribution in [0.15, 0.2) is 17.5 Å². The van der Waals surface area contributed by atoms with Crippen LogP contribution in [0.4, 0.5) is 0 Å². The fourth-order valence-electron chi connectivity index (χ4n) is 2.62. The van der Waals surface area contributed by atoms with Gasteiger partial charge in [0.1, 0.15) is 0 Å². The maximum absolute atomic E-state index is 12.1. The number of carbonyl (C=O) groups excluding carboxylic acids is 1. The Morgan fingerprint density at radius 2 is 2.47 bits per heavy atom. The third-order valence-corrected chi connectivity index (χ3v) is 4.77. The zero-order valence-electron chi connectivity index (χ0n) is 11.5. The average Bonchev–Trinajstić information content (AvgIpc) is 2.93. The van der Waals surface area contributed by atoms with E-state index in [0.717, 1.165) is 13.0 Å². The largest absolute Gasteiger partial charge is 0.348 e. The molecule has 2 atom stereocenters. The fraction of sp³-hybridized carbons (Fsp3) is 0.643. The van der Waals surface area contributed by atoms with Crippen molar-refractivity contribution in [3.8, 4) is 0 Å². The molecule has 2 unspecified atom stereocenters. The molecule has 19 heavy (non-hydrogen) atoms. The normalized spacial score (nSPS) is 22.1. The van der Waals surface area contributed by atoms with Crippen molar-refractivity contribution in [1.82, 2.24) is 10.2 Å². The summed E-state index contributed by atoms with van der Waals surface area (Å²) in [4.78, 5) is 15.5. The summed E-state index contributed by atoms with van der Waals surface area (Å²) in [5.41, 5.74) is 5.78. The number of carbonyl (C=O) groups is 1. The lowest BCUT2D eigenvalue weighted by Crippen LogP contribution is -2.48. The zero-order valence-corrected chi connectivity index (χ0v) is 12.3. The van der Waals surface area contributed by atoms with Crippen LogP contribution in [0, 0.1) is 0 Å². The minimum atomic E-state index is 0.0913. The van der Waals surface area contributed by atoms with E-state index in [1.54, 1.807) is 11.3 Å². The molecule has 2 rings (SSSR count). The Balaban J connectivity index is 1.83. The van der Waals surface area contributed by atoms with E-state index in [2.05, 4.69) is 16.3 Å². The van der Waals surface area contributed by atoms with Gasteiger partial charge in [0.2, 0.25) is 5.91 Å². The molecule has 1 fully saturated rings. The number of nitrogens with two attached hydrogens (primary N) is 1. The summed E-state index contributed by atoms with van der Waals surface area (Å²) in [5, 5.41) is 5.10. The number of rotatable bonds is 5. The highest BCUT2D eigenvalue weighted by atomic mass is 32.1. The monoisotopic (exact) mass is 281 g/mol. The molecule has 4 nitrogen and oxygen atoms in total. The van der Waals surface area contributed by atoms with Crippen LogP contribution in [0.1, 0.15) is 37.1 Å². The number of nitrogens with zero attached hydrogens (tertiary/aromatic N) is 1. The number of hydrogen-bond donors (Lipinski definition) is 2. The predicted molar refractivity (Wildman–Crippen MR) is 79.1 cm³/mol. The van der Waals surface area contributed by atoms with Crippen molar-refractivity contribution in [3.05, 3.63) is 22.4 Å². The first-order chi connectivity index (χ1) is 9.20.